The molecule has 3 N–H and O–H groups in total. The summed E-state index contributed by atoms with van der Waals surface area (Å²) in [6, 6.07) is 5.64. The minimum absolute atomic E-state index is 0.204. The number of primary amides is 1. The van der Waals surface area contributed by atoms with Gasteiger partial charge in [0.1, 0.15) is 23.5 Å². The molecule has 2 aliphatic rings. The van der Waals surface area contributed by atoms with E-state index in [-0.39, 0.29) is 23.2 Å². The molecule has 1 saturated carbocycles. The third-order valence-corrected chi connectivity index (χ3v) is 6.80. The molecule has 2 aromatic heterocycles. The number of hydrogen-bond acceptors (Lipinski definition) is 6. The summed E-state index contributed by atoms with van der Waals surface area (Å²) in [5.74, 6) is 7.38. The minimum Gasteiger partial charge on any atom is -0.503 e. The summed E-state index contributed by atoms with van der Waals surface area (Å²) in [5.41, 5.74) is 9.63. The van der Waals surface area contributed by atoms with E-state index in [1.807, 2.05) is 25.2 Å². The lowest BCUT2D eigenvalue weighted by Crippen LogP contribution is -2.27. The quantitative estimate of drug-likeness (QED) is 0.306. The molecule has 5 rings (SSSR count). The molecule has 0 spiro atoms. The third-order valence-electron chi connectivity index (χ3n) is 6.80. The van der Waals surface area contributed by atoms with Crippen molar-refractivity contribution >= 4 is 28.7 Å². The second kappa shape index (κ2) is 9.50. The maximum Gasteiger partial charge on any atom is 0.255 e. The van der Waals surface area contributed by atoms with Gasteiger partial charge in [0.15, 0.2) is 5.69 Å². The molecule has 1 atom stereocenters. The summed E-state index contributed by atoms with van der Waals surface area (Å²) in [4.78, 5) is 31.2. The molecular formula is C27H29N7O3. The predicted molar refractivity (Wildman–Crippen MR) is 140 cm³/mol. The van der Waals surface area contributed by atoms with Gasteiger partial charge in [0.05, 0.1) is 29.9 Å². The van der Waals surface area contributed by atoms with E-state index in [4.69, 9.17) is 15.5 Å². The van der Waals surface area contributed by atoms with E-state index in [9.17, 15) is 9.59 Å². The van der Waals surface area contributed by atoms with Gasteiger partial charge in [-0.2, -0.15) is 5.10 Å². The molecule has 1 aliphatic heterocycles. The van der Waals surface area contributed by atoms with Crippen LogP contribution in [0.1, 0.15) is 58.7 Å². The van der Waals surface area contributed by atoms with E-state index in [2.05, 4.69) is 33.4 Å². The number of hydrogen-bond donors (Lipinski definition) is 2. The van der Waals surface area contributed by atoms with Crippen molar-refractivity contribution in [2.75, 3.05) is 26.0 Å². The number of methoxy groups -OCH3 is 1. The largest absolute Gasteiger partial charge is 0.503 e. The number of rotatable bonds is 6. The number of carbonyl (C=O) groups is 2. The van der Waals surface area contributed by atoms with Crippen LogP contribution in [-0.2, 0) is 16.6 Å². The Morgan fingerprint density at radius 1 is 1.30 bits per heavy atom. The van der Waals surface area contributed by atoms with Gasteiger partial charge in [0, 0.05) is 38.5 Å². The van der Waals surface area contributed by atoms with Crippen molar-refractivity contribution in [3.63, 3.8) is 0 Å². The summed E-state index contributed by atoms with van der Waals surface area (Å²) in [6.45, 7) is 3.92. The number of ether oxygens (including phenoxy) is 1. The molecule has 10 heteroatoms. The van der Waals surface area contributed by atoms with E-state index < -0.39 is 5.91 Å². The predicted octanol–water partition coefficient (Wildman–Crippen LogP) is 2.63. The number of imidazole rings is 1. The van der Waals surface area contributed by atoms with Crippen molar-refractivity contribution in [3.8, 4) is 11.8 Å². The highest BCUT2D eigenvalue weighted by Gasteiger charge is 2.35. The van der Waals surface area contributed by atoms with Crippen LogP contribution < -0.4 is 11.1 Å². The lowest BCUT2D eigenvalue weighted by Gasteiger charge is -2.16. The van der Waals surface area contributed by atoms with Gasteiger partial charge in [0.25, 0.3) is 5.91 Å². The molecule has 3 heterocycles. The van der Waals surface area contributed by atoms with Crippen molar-refractivity contribution in [3.05, 3.63) is 65.5 Å². The summed E-state index contributed by atoms with van der Waals surface area (Å²) in [5, 5.41) is 7.69. The Kier molecular flexibility index (Phi) is 6.21. The lowest BCUT2D eigenvalue weighted by atomic mass is 10.1. The van der Waals surface area contributed by atoms with E-state index in [1.54, 1.807) is 16.6 Å². The Morgan fingerprint density at radius 2 is 2.08 bits per heavy atom. The van der Waals surface area contributed by atoms with Gasteiger partial charge < -0.3 is 25.3 Å². The van der Waals surface area contributed by atoms with Gasteiger partial charge in [-0.25, -0.2) is 9.67 Å². The van der Waals surface area contributed by atoms with Crippen LogP contribution in [0, 0.1) is 11.8 Å². The summed E-state index contributed by atoms with van der Waals surface area (Å²) in [6.07, 6.45) is 5.61. The molecular weight excluding hydrogens is 470 g/mol. The van der Waals surface area contributed by atoms with Crippen molar-refractivity contribution in [1.82, 2.24) is 24.2 Å². The van der Waals surface area contributed by atoms with Crippen molar-refractivity contribution < 1.29 is 14.3 Å². The van der Waals surface area contributed by atoms with Gasteiger partial charge in [-0.3, -0.25) is 9.59 Å². The molecule has 190 valence electrons. The number of likely N-dealkylation sites (tertiary alicyclic amines) is 1. The van der Waals surface area contributed by atoms with Gasteiger partial charge in [0.2, 0.25) is 5.91 Å². The first-order valence-electron chi connectivity index (χ1n) is 12.1. The van der Waals surface area contributed by atoms with Crippen LogP contribution in [0.5, 0.6) is 0 Å². The maximum atomic E-state index is 12.5. The van der Waals surface area contributed by atoms with E-state index in [1.165, 1.54) is 32.3 Å². The Bertz CT molecular complexity index is 1510. The second-order valence-corrected chi connectivity index (χ2v) is 9.24. The molecule has 1 aromatic carbocycles. The number of carbonyl (C=O) groups excluding carboxylic acids is 2. The number of amides is 2. The second-order valence-electron chi connectivity index (χ2n) is 9.24. The van der Waals surface area contributed by atoms with Gasteiger partial charge in [-0.1, -0.05) is 12.5 Å². The Hall–Kier alpha value is -4.52. The van der Waals surface area contributed by atoms with Crippen LogP contribution in [-0.4, -0.2) is 56.7 Å². The molecule has 1 saturated heterocycles. The summed E-state index contributed by atoms with van der Waals surface area (Å²) >= 11 is 0. The Balaban J connectivity index is 1.51. The number of aryl methyl sites for hydroxylation is 1. The zero-order valence-electron chi connectivity index (χ0n) is 21.1. The average molecular weight is 500 g/mol. The SMILES string of the molecule is C=CC(=O)N1C[C@@H](n2nc(C#Cc3ccc4c(c3)nc(C3CC3)n4C)c(C(N)=O)c2NC)C/C1=C\OC. The molecule has 10 nitrogen and oxygen atoms in total. The molecule has 37 heavy (non-hydrogen) atoms. The zero-order valence-corrected chi connectivity index (χ0v) is 21.1. The number of nitrogens with zero attached hydrogens (tertiary/aromatic N) is 5. The lowest BCUT2D eigenvalue weighted by molar-refractivity contribution is -0.123. The van der Waals surface area contributed by atoms with Crippen molar-refractivity contribution in [1.29, 1.82) is 0 Å². The summed E-state index contributed by atoms with van der Waals surface area (Å²) in [7, 11) is 5.26. The van der Waals surface area contributed by atoms with Crippen LogP contribution in [0.15, 0.2) is 42.8 Å². The van der Waals surface area contributed by atoms with E-state index in [0.717, 1.165) is 22.4 Å². The first kappa shape index (κ1) is 24.2. The highest BCUT2D eigenvalue weighted by molar-refractivity contribution is 6.00. The van der Waals surface area contributed by atoms with Crippen LogP contribution >= 0.6 is 0 Å². The topological polar surface area (TPSA) is 120 Å². The number of nitrogens with two attached hydrogens (primary N) is 1. The van der Waals surface area contributed by atoms with Crippen LogP contribution in [0.2, 0.25) is 0 Å². The van der Waals surface area contributed by atoms with Crippen molar-refractivity contribution in [2.24, 2.45) is 12.8 Å². The van der Waals surface area contributed by atoms with E-state index >= 15 is 0 Å². The van der Waals surface area contributed by atoms with E-state index in [0.29, 0.717) is 30.4 Å². The number of aromatic nitrogens is 4. The van der Waals surface area contributed by atoms with Crippen molar-refractivity contribution in [2.45, 2.75) is 31.2 Å². The number of allylic oxidation sites excluding steroid dienone is 1. The fraction of sp³-hybridized carbons (Fsp3) is 0.333. The Labute approximate surface area is 214 Å². The first-order chi connectivity index (χ1) is 17.9. The number of benzene rings is 1. The minimum atomic E-state index is -0.640. The molecule has 0 radical (unpaired) electrons. The molecule has 0 unspecified atom stereocenters. The van der Waals surface area contributed by atoms with Gasteiger partial charge in [-0.05, 0) is 43.0 Å². The van der Waals surface area contributed by atoms with Gasteiger partial charge >= 0.3 is 0 Å². The van der Waals surface area contributed by atoms with Gasteiger partial charge in [-0.15, -0.1) is 0 Å². The molecule has 2 amide bonds. The highest BCUT2D eigenvalue weighted by atomic mass is 16.5. The summed E-state index contributed by atoms with van der Waals surface area (Å²) < 4.78 is 8.98. The van der Waals surface area contributed by atoms with Crippen LogP contribution in [0.3, 0.4) is 0 Å². The zero-order chi connectivity index (χ0) is 26.3. The van der Waals surface area contributed by atoms with Crippen LogP contribution in [0.4, 0.5) is 5.82 Å². The monoisotopic (exact) mass is 499 g/mol. The Morgan fingerprint density at radius 3 is 2.73 bits per heavy atom. The van der Waals surface area contributed by atoms with Crippen LogP contribution in [0.25, 0.3) is 11.0 Å². The normalized spacial score (nSPS) is 18.1. The average Bonchev–Trinajstić information content (AvgIpc) is 3.41. The number of anilines is 1. The maximum absolute atomic E-state index is 12.5. The molecule has 3 aromatic rings. The highest BCUT2D eigenvalue weighted by Crippen LogP contribution is 2.40. The first-order valence-corrected chi connectivity index (χ1v) is 12.1. The molecule has 2 fully saturated rings. The molecule has 0 bridgehead atoms. The number of fused-ring (bicyclic) bond motifs is 1. The fourth-order valence-electron chi connectivity index (χ4n) is 4.89. The molecule has 1 aliphatic carbocycles. The number of nitrogens with one attached hydrogen (secondary N) is 1. The third kappa shape index (κ3) is 4.33. The standard InChI is InChI=1S/C27H29N7O3/c1-5-23(35)33-14-18(13-19(33)15-37-4)34-27(29-2)24(25(28)36)20(31-34)10-6-16-7-11-22-21(12-16)30-26(32(22)3)17-8-9-17/h5,7,11-12,15,17-18,29H,1,8-9,13-14H2,2-4H3,(H2,28,36)/b19-15+/t18-/m0/s1. The fourth-order valence-corrected chi connectivity index (χ4v) is 4.89. The smallest absolute Gasteiger partial charge is 0.255 e.